The highest BCUT2D eigenvalue weighted by atomic mass is 16.5. The molecule has 1 aromatic rings. The molecule has 100 valence electrons. The quantitative estimate of drug-likeness (QED) is 0.881. The summed E-state index contributed by atoms with van der Waals surface area (Å²) in [5.41, 5.74) is 2.58. The molecule has 0 bridgehead atoms. The molecule has 0 aromatic heterocycles. The van der Waals surface area contributed by atoms with Crippen molar-refractivity contribution in [1.29, 1.82) is 0 Å². The number of hydrogen-bond acceptors (Lipinski definition) is 2. The molecule has 0 aliphatic carbocycles. The summed E-state index contributed by atoms with van der Waals surface area (Å²) < 4.78 is 6.33. The van der Waals surface area contributed by atoms with Crippen LogP contribution in [0.5, 0.6) is 5.75 Å². The number of benzene rings is 1. The van der Waals surface area contributed by atoms with Gasteiger partial charge in [-0.2, -0.15) is 0 Å². The highest BCUT2D eigenvalue weighted by Gasteiger charge is 2.29. The molecule has 1 aliphatic rings. The van der Waals surface area contributed by atoms with Gasteiger partial charge < -0.3 is 10.1 Å². The van der Waals surface area contributed by atoms with Gasteiger partial charge in [0.05, 0.1) is 0 Å². The third-order valence-corrected chi connectivity index (χ3v) is 4.04. The predicted octanol–water partition coefficient (Wildman–Crippen LogP) is 3.32. The minimum absolute atomic E-state index is 0.320. The second-order valence-corrected chi connectivity index (χ2v) is 5.78. The predicted molar refractivity (Wildman–Crippen MR) is 76.1 cm³/mol. The van der Waals surface area contributed by atoms with Crippen LogP contribution in [0.15, 0.2) is 18.2 Å². The Kier molecular flexibility index (Phi) is 4.28. The molecular formula is C16H25NO. The van der Waals surface area contributed by atoms with Gasteiger partial charge in [-0.05, 0) is 49.9 Å². The highest BCUT2D eigenvalue weighted by molar-refractivity contribution is 5.38. The van der Waals surface area contributed by atoms with Gasteiger partial charge >= 0.3 is 0 Å². The average Bonchev–Trinajstić information content (AvgIpc) is 2.84. The van der Waals surface area contributed by atoms with Crippen LogP contribution >= 0.6 is 0 Å². The van der Waals surface area contributed by atoms with E-state index in [9.17, 15) is 0 Å². The maximum atomic E-state index is 6.33. The molecule has 1 unspecified atom stereocenters. The molecule has 1 N–H and O–H groups in total. The van der Waals surface area contributed by atoms with Crippen molar-refractivity contribution in [2.24, 2.45) is 11.8 Å². The Balaban J connectivity index is 2.15. The van der Waals surface area contributed by atoms with Gasteiger partial charge in [-0.3, -0.25) is 0 Å². The Hall–Kier alpha value is -1.02. The van der Waals surface area contributed by atoms with Crippen LogP contribution in [0, 0.1) is 25.7 Å². The lowest BCUT2D eigenvalue weighted by Crippen LogP contribution is -2.33. The molecule has 1 aliphatic heterocycles. The summed E-state index contributed by atoms with van der Waals surface area (Å²) in [6.45, 7) is 11.0. The second-order valence-electron chi connectivity index (χ2n) is 5.78. The number of ether oxygens (including phenoxy) is 1. The van der Waals surface area contributed by atoms with Crippen molar-refractivity contribution in [2.45, 2.75) is 40.2 Å². The first kappa shape index (κ1) is 13.4. The molecule has 1 heterocycles. The van der Waals surface area contributed by atoms with E-state index in [0.717, 1.165) is 18.8 Å². The van der Waals surface area contributed by atoms with E-state index >= 15 is 0 Å². The van der Waals surface area contributed by atoms with E-state index in [1.54, 1.807) is 0 Å². The molecule has 1 saturated heterocycles. The van der Waals surface area contributed by atoms with Crippen LogP contribution < -0.4 is 10.1 Å². The molecule has 0 saturated carbocycles. The Bertz CT molecular complexity index is 394. The summed E-state index contributed by atoms with van der Waals surface area (Å²) in [4.78, 5) is 0. The first-order valence-electron chi connectivity index (χ1n) is 7.03. The fourth-order valence-electron chi connectivity index (χ4n) is 2.73. The molecular weight excluding hydrogens is 222 g/mol. The van der Waals surface area contributed by atoms with Gasteiger partial charge in [0.2, 0.25) is 0 Å². The van der Waals surface area contributed by atoms with Crippen LogP contribution in [0.1, 0.15) is 31.4 Å². The van der Waals surface area contributed by atoms with Crippen LogP contribution in [-0.2, 0) is 0 Å². The van der Waals surface area contributed by atoms with Crippen molar-refractivity contribution < 1.29 is 4.74 Å². The van der Waals surface area contributed by atoms with E-state index in [4.69, 9.17) is 4.74 Å². The third-order valence-electron chi connectivity index (χ3n) is 4.04. The minimum atomic E-state index is 0.320. The van der Waals surface area contributed by atoms with Gasteiger partial charge in [0.1, 0.15) is 11.9 Å². The van der Waals surface area contributed by atoms with Crippen LogP contribution in [0.25, 0.3) is 0 Å². The second kappa shape index (κ2) is 5.75. The molecule has 2 rings (SSSR count). The normalized spacial score (nSPS) is 21.3. The molecule has 18 heavy (non-hydrogen) atoms. The highest BCUT2D eigenvalue weighted by Crippen LogP contribution is 2.28. The van der Waals surface area contributed by atoms with E-state index in [0.29, 0.717) is 17.9 Å². The van der Waals surface area contributed by atoms with E-state index in [2.05, 4.69) is 51.2 Å². The molecule has 2 heteroatoms. The number of aryl methyl sites for hydroxylation is 1. The van der Waals surface area contributed by atoms with Crippen molar-refractivity contribution in [3.05, 3.63) is 29.3 Å². The summed E-state index contributed by atoms with van der Waals surface area (Å²) in [7, 11) is 0. The van der Waals surface area contributed by atoms with Crippen molar-refractivity contribution in [3.63, 3.8) is 0 Å². The fraction of sp³-hybridized carbons (Fsp3) is 0.625. The Morgan fingerprint density at radius 1 is 1.28 bits per heavy atom. The fourth-order valence-corrected chi connectivity index (χ4v) is 2.73. The van der Waals surface area contributed by atoms with E-state index in [-0.39, 0.29) is 0 Å². The maximum Gasteiger partial charge on any atom is 0.122 e. The molecule has 0 radical (unpaired) electrons. The van der Waals surface area contributed by atoms with Crippen LogP contribution in [0.2, 0.25) is 0 Å². The Morgan fingerprint density at radius 2 is 2.06 bits per heavy atom. The maximum absolute atomic E-state index is 6.33. The Morgan fingerprint density at radius 3 is 2.67 bits per heavy atom. The molecule has 1 aromatic carbocycles. The SMILES string of the molecule is Cc1cccc(O[C@H](C(C)C)C2CCNC2)c1C. The summed E-state index contributed by atoms with van der Waals surface area (Å²) in [5, 5.41) is 3.44. The summed E-state index contributed by atoms with van der Waals surface area (Å²) in [6, 6.07) is 6.33. The molecule has 1 fully saturated rings. The summed E-state index contributed by atoms with van der Waals surface area (Å²) in [6.07, 6.45) is 1.55. The lowest BCUT2D eigenvalue weighted by molar-refractivity contribution is 0.0965. The zero-order valence-corrected chi connectivity index (χ0v) is 12.0. The first-order chi connectivity index (χ1) is 8.59. The van der Waals surface area contributed by atoms with Crippen molar-refractivity contribution in [2.75, 3.05) is 13.1 Å². The van der Waals surface area contributed by atoms with Crippen LogP contribution in [0.3, 0.4) is 0 Å². The van der Waals surface area contributed by atoms with Gasteiger partial charge in [0.15, 0.2) is 0 Å². The monoisotopic (exact) mass is 247 g/mol. The van der Waals surface area contributed by atoms with Gasteiger partial charge in [0, 0.05) is 12.5 Å². The largest absolute Gasteiger partial charge is 0.490 e. The van der Waals surface area contributed by atoms with E-state index in [1.807, 2.05) is 0 Å². The lowest BCUT2D eigenvalue weighted by atomic mass is 9.92. The zero-order valence-electron chi connectivity index (χ0n) is 12.0. The molecule has 2 nitrogen and oxygen atoms in total. The standard InChI is InChI=1S/C16H25NO/c1-11(2)16(14-8-9-17-10-14)18-15-7-5-6-12(3)13(15)4/h5-7,11,14,16-17H,8-10H2,1-4H3/t14?,16-/m1/s1. The first-order valence-corrected chi connectivity index (χ1v) is 7.03. The van der Waals surface area contributed by atoms with Gasteiger partial charge in [-0.25, -0.2) is 0 Å². The minimum Gasteiger partial charge on any atom is -0.490 e. The summed E-state index contributed by atoms with van der Waals surface area (Å²) >= 11 is 0. The van der Waals surface area contributed by atoms with E-state index in [1.165, 1.54) is 17.5 Å². The molecule has 0 spiro atoms. The Labute approximate surface area is 111 Å². The van der Waals surface area contributed by atoms with Crippen LogP contribution in [-0.4, -0.2) is 19.2 Å². The van der Waals surface area contributed by atoms with Crippen molar-refractivity contribution in [1.82, 2.24) is 5.32 Å². The molecule has 0 amide bonds. The number of hydrogen-bond donors (Lipinski definition) is 1. The smallest absolute Gasteiger partial charge is 0.122 e. The summed E-state index contributed by atoms with van der Waals surface area (Å²) in [5.74, 6) is 2.25. The number of rotatable bonds is 4. The van der Waals surface area contributed by atoms with Crippen molar-refractivity contribution in [3.8, 4) is 5.75 Å². The number of nitrogens with one attached hydrogen (secondary N) is 1. The van der Waals surface area contributed by atoms with Crippen molar-refractivity contribution >= 4 is 0 Å². The third kappa shape index (κ3) is 2.86. The lowest BCUT2D eigenvalue weighted by Gasteiger charge is -2.28. The zero-order chi connectivity index (χ0) is 13.1. The molecule has 2 atom stereocenters. The van der Waals surface area contributed by atoms with E-state index < -0.39 is 0 Å². The topological polar surface area (TPSA) is 21.3 Å². The van der Waals surface area contributed by atoms with Gasteiger partial charge in [0.25, 0.3) is 0 Å². The average molecular weight is 247 g/mol. The van der Waals surface area contributed by atoms with Gasteiger partial charge in [-0.15, -0.1) is 0 Å². The van der Waals surface area contributed by atoms with Gasteiger partial charge in [-0.1, -0.05) is 26.0 Å². The van der Waals surface area contributed by atoms with Crippen LogP contribution in [0.4, 0.5) is 0 Å².